The van der Waals surface area contributed by atoms with Crippen molar-refractivity contribution in [2.24, 2.45) is 5.41 Å². The molecule has 5 heterocycles. The lowest BCUT2D eigenvalue weighted by molar-refractivity contribution is -0.137. The predicted octanol–water partition coefficient (Wildman–Crippen LogP) is 1.32. The number of halogens is 1. The number of rotatable bonds is 5. The van der Waals surface area contributed by atoms with E-state index in [4.69, 9.17) is 4.74 Å². The van der Waals surface area contributed by atoms with Gasteiger partial charge in [0.25, 0.3) is 0 Å². The zero-order valence-electron chi connectivity index (χ0n) is 18.7. The molecule has 1 N–H and O–H groups in total. The molecule has 11 heteroatoms. The van der Waals surface area contributed by atoms with E-state index in [1.54, 1.807) is 0 Å². The van der Waals surface area contributed by atoms with Gasteiger partial charge in [-0.25, -0.2) is 9.78 Å². The Hall–Kier alpha value is -2.92. The summed E-state index contributed by atoms with van der Waals surface area (Å²) in [5.41, 5.74) is 2.23. The second-order valence-electron chi connectivity index (χ2n) is 9.24. The number of aromatic nitrogens is 5. The first-order chi connectivity index (χ1) is 15.9. The van der Waals surface area contributed by atoms with Crippen molar-refractivity contribution >= 4 is 5.97 Å². The topological polar surface area (TPSA) is 109 Å². The van der Waals surface area contributed by atoms with E-state index in [9.17, 15) is 14.3 Å². The number of nitrogens with zero attached hydrogens (tertiary/aromatic N) is 7. The number of esters is 1. The van der Waals surface area contributed by atoms with Crippen LogP contribution in [0.15, 0.2) is 30.0 Å². The summed E-state index contributed by atoms with van der Waals surface area (Å²) >= 11 is 0. The number of likely N-dealkylation sites (tertiary alicyclic amines) is 2. The molecule has 2 aromatic heterocycles. The molecule has 2 saturated heterocycles. The van der Waals surface area contributed by atoms with Crippen molar-refractivity contribution in [3.8, 4) is 5.82 Å². The van der Waals surface area contributed by atoms with E-state index in [1.807, 2.05) is 24.0 Å². The number of ether oxygens (including phenoxy) is 1. The van der Waals surface area contributed by atoms with Crippen molar-refractivity contribution < 1.29 is 19.0 Å². The third-order valence-electron chi connectivity index (χ3n) is 7.38. The summed E-state index contributed by atoms with van der Waals surface area (Å²) in [6.45, 7) is 5.84. The largest absolute Gasteiger partial charge is 0.454 e. The second-order valence-corrected chi connectivity index (χ2v) is 9.24. The number of aliphatic hydroxyl groups is 1. The van der Waals surface area contributed by atoms with Gasteiger partial charge in [-0.2, -0.15) is 9.07 Å². The number of aryl methyl sites for hydroxylation is 1. The van der Waals surface area contributed by atoms with Gasteiger partial charge < -0.3 is 19.6 Å². The number of hydrogen-bond acceptors (Lipinski definition) is 9. The van der Waals surface area contributed by atoms with Gasteiger partial charge in [0.2, 0.25) is 5.83 Å². The standard InChI is InChI=1S/C22H28FN7O3/c1-15-16(2-3-19(25-15)30-14-24-26-27-30)18(31)12-28-8-4-22(5-9-28)6-10-29(11-7-22)17-13-33-21(32)20(17)23/h2-3,14,18,31H,4-13H2,1H3/t18-/m1/s1. The van der Waals surface area contributed by atoms with Crippen molar-refractivity contribution in [1.82, 2.24) is 35.0 Å². The molecule has 33 heavy (non-hydrogen) atoms. The summed E-state index contributed by atoms with van der Waals surface area (Å²) in [7, 11) is 0. The molecule has 0 radical (unpaired) electrons. The van der Waals surface area contributed by atoms with Crippen LogP contribution in [0.2, 0.25) is 0 Å². The minimum Gasteiger partial charge on any atom is -0.454 e. The van der Waals surface area contributed by atoms with Crippen LogP contribution in [0.25, 0.3) is 5.82 Å². The summed E-state index contributed by atoms with van der Waals surface area (Å²) in [4.78, 5) is 20.1. The fraction of sp³-hybridized carbons (Fsp3) is 0.591. The first-order valence-electron chi connectivity index (χ1n) is 11.4. The second kappa shape index (κ2) is 8.79. The summed E-state index contributed by atoms with van der Waals surface area (Å²) < 4.78 is 20.3. The molecule has 0 unspecified atom stereocenters. The van der Waals surface area contributed by atoms with Crippen LogP contribution in [0, 0.1) is 12.3 Å². The Bertz CT molecular complexity index is 1040. The Kier molecular flexibility index (Phi) is 5.83. The van der Waals surface area contributed by atoms with Crippen molar-refractivity contribution in [1.29, 1.82) is 0 Å². The smallest absolute Gasteiger partial charge is 0.369 e. The monoisotopic (exact) mass is 457 g/mol. The van der Waals surface area contributed by atoms with Crippen LogP contribution in [0.4, 0.5) is 4.39 Å². The number of tetrazole rings is 1. The molecule has 2 fully saturated rings. The molecular weight excluding hydrogens is 429 g/mol. The van der Waals surface area contributed by atoms with Gasteiger partial charge in [0.05, 0.1) is 11.8 Å². The lowest BCUT2D eigenvalue weighted by atomic mass is 9.71. The fourth-order valence-electron chi connectivity index (χ4n) is 5.22. The Morgan fingerprint density at radius 1 is 1.18 bits per heavy atom. The van der Waals surface area contributed by atoms with E-state index < -0.39 is 17.9 Å². The molecule has 0 saturated carbocycles. The molecule has 5 rings (SSSR count). The first kappa shape index (κ1) is 21.9. The van der Waals surface area contributed by atoms with Gasteiger partial charge in [-0.3, -0.25) is 0 Å². The van der Waals surface area contributed by atoms with Gasteiger partial charge in [-0.05, 0) is 67.6 Å². The molecule has 0 bridgehead atoms. The van der Waals surface area contributed by atoms with Gasteiger partial charge in [-0.1, -0.05) is 6.07 Å². The molecular formula is C22H28FN7O3. The Balaban J connectivity index is 1.14. The third-order valence-corrected chi connectivity index (χ3v) is 7.38. The number of carbonyl (C=O) groups excluding carboxylic acids is 1. The number of hydrogen-bond donors (Lipinski definition) is 1. The van der Waals surface area contributed by atoms with Crippen LogP contribution < -0.4 is 0 Å². The molecule has 10 nitrogen and oxygen atoms in total. The van der Waals surface area contributed by atoms with Crippen molar-refractivity contribution in [2.45, 2.75) is 38.7 Å². The highest BCUT2D eigenvalue weighted by Gasteiger charge is 2.40. The average molecular weight is 458 g/mol. The summed E-state index contributed by atoms with van der Waals surface area (Å²) in [6, 6.07) is 3.69. The van der Waals surface area contributed by atoms with Gasteiger partial charge in [-0.15, -0.1) is 5.10 Å². The van der Waals surface area contributed by atoms with E-state index >= 15 is 0 Å². The van der Waals surface area contributed by atoms with Crippen LogP contribution in [0.3, 0.4) is 0 Å². The normalized spacial score (nSPS) is 22.2. The van der Waals surface area contributed by atoms with Gasteiger partial charge in [0.1, 0.15) is 12.9 Å². The summed E-state index contributed by atoms with van der Waals surface area (Å²) in [5.74, 6) is -0.956. The minimum absolute atomic E-state index is 0.0499. The molecule has 0 amide bonds. The minimum atomic E-state index is -0.840. The van der Waals surface area contributed by atoms with Crippen LogP contribution in [0.1, 0.15) is 43.0 Å². The molecule has 1 spiro atoms. The molecule has 0 aliphatic carbocycles. The summed E-state index contributed by atoms with van der Waals surface area (Å²) in [5, 5.41) is 22.0. The number of carbonyl (C=O) groups is 1. The lowest BCUT2D eigenvalue weighted by Gasteiger charge is -2.47. The highest BCUT2D eigenvalue weighted by molar-refractivity contribution is 5.89. The van der Waals surface area contributed by atoms with Gasteiger partial charge >= 0.3 is 5.97 Å². The Morgan fingerprint density at radius 2 is 1.91 bits per heavy atom. The number of pyridine rings is 1. The molecule has 3 aliphatic rings. The van der Waals surface area contributed by atoms with E-state index in [0.29, 0.717) is 18.1 Å². The average Bonchev–Trinajstić information content (AvgIpc) is 3.47. The van der Waals surface area contributed by atoms with Crippen molar-refractivity contribution in [3.05, 3.63) is 41.2 Å². The third kappa shape index (κ3) is 4.34. The number of piperidine rings is 2. The molecule has 3 aliphatic heterocycles. The summed E-state index contributed by atoms with van der Waals surface area (Å²) in [6.07, 6.45) is 4.94. The van der Waals surface area contributed by atoms with E-state index in [1.165, 1.54) is 11.0 Å². The molecule has 1 atom stereocenters. The first-order valence-corrected chi connectivity index (χ1v) is 11.4. The maximum Gasteiger partial charge on any atom is 0.369 e. The predicted molar refractivity (Wildman–Crippen MR) is 115 cm³/mol. The quantitative estimate of drug-likeness (QED) is 0.665. The Labute approximate surface area is 191 Å². The van der Waals surface area contributed by atoms with Crippen LogP contribution in [-0.4, -0.2) is 85.4 Å². The molecule has 176 valence electrons. The highest BCUT2D eigenvalue weighted by atomic mass is 19.1. The van der Waals surface area contributed by atoms with E-state index in [-0.39, 0.29) is 12.0 Å². The SMILES string of the molecule is Cc1nc(-n2cnnn2)ccc1[C@H](O)CN1CCC2(CC1)CCN(C1=C(F)C(=O)OC1)CC2. The van der Waals surface area contributed by atoms with Crippen LogP contribution in [0.5, 0.6) is 0 Å². The zero-order valence-corrected chi connectivity index (χ0v) is 18.7. The van der Waals surface area contributed by atoms with Crippen LogP contribution >= 0.6 is 0 Å². The highest BCUT2D eigenvalue weighted by Crippen LogP contribution is 2.42. The van der Waals surface area contributed by atoms with Crippen molar-refractivity contribution in [3.63, 3.8) is 0 Å². The maximum atomic E-state index is 14.0. The van der Waals surface area contributed by atoms with Gasteiger partial charge in [0.15, 0.2) is 5.82 Å². The number of β-amino-alcohol motifs (C(OH)–C–C–N with tert-alkyl or cyclic N) is 1. The number of cyclic esters (lactones) is 1. The van der Waals surface area contributed by atoms with Crippen molar-refractivity contribution in [2.75, 3.05) is 39.3 Å². The molecule has 0 aromatic carbocycles. The van der Waals surface area contributed by atoms with E-state index in [2.05, 4.69) is 25.4 Å². The maximum absolute atomic E-state index is 14.0. The van der Waals surface area contributed by atoms with E-state index in [0.717, 1.165) is 63.1 Å². The zero-order chi connectivity index (χ0) is 23.0. The molecule has 2 aromatic rings. The fourth-order valence-corrected chi connectivity index (χ4v) is 5.22. The van der Waals surface area contributed by atoms with Gasteiger partial charge in [0, 0.05) is 30.9 Å². The lowest BCUT2D eigenvalue weighted by Crippen LogP contribution is -2.47. The Morgan fingerprint density at radius 3 is 2.52 bits per heavy atom. The van der Waals surface area contributed by atoms with Crippen LogP contribution in [-0.2, 0) is 9.53 Å². The number of aliphatic hydroxyl groups excluding tert-OH is 1.